The van der Waals surface area contributed by atoms with Crippen LogP contribution < -0.4 is 16.0 Å². The van der Waals surface area contributed by atoms with E-state index in [9.17, 15) is 4.39 Å². The Morgan fingerprint density at radius 1 is 1.19 bits per heavy atom. The number of aromatic nitrogens is 2. The number of benzene rings is 1. The van der Waals surface area contributed by atoms with Gasteiger partial charge in [-0.3, -0.25) is 0 Å². The zero-order valence-electron chi connectivity index (χ0n) is 16.3. The summed E-state index contributed by atoms with van der Waals surface area (Å²) in [6, 6.07) is 6.90. The molecule has 2 unspecified atom stereocenters. The number of nitrogens with two attached hydrogens (primary N) is 1. The smallest absolute Gasteiger partial charge is 0.157 e. The second kappa shape index (κ2) is 6.36. The van der Waals surface area contributed by atoms with E-state index in [1.165, 1.54) is 25.0 Å². The molecule has 0 radical (unpaired) electrons. The van der Waals surface area contributed by atoms with Gasteiger partial charge in [-0.15, -0.1) is 0 Å². The monoisotopic (exact) mass is 369 g/mol. The summed E-state index contributed by atoms with van der Waals surface area (Å²) in [4.78, 5) is 11.2. The lowest BCUT2D eigenvalue weighted by Crippen LogP contribution is -2.35. The fourth-order valence-corrected chi connectivity index (χ4v) is 5.25. The van der Waals surface area contributed by atoms with Crippen molar-refractivity contribution in [3.63, 3.8) is 0 Å². The Hall–Kier alpha value is -2.37. The van der Waals surface area contributed by atoms with Gasteiger partial charge >= 0.3 is 0 Å². The molecular formula is C21H28FN5. The number of nitrogens with one attached hydrogen (secondary N) is 1. The van der Waals surface area contributed by atoms with Crippen LogP contribution in [0.1, 0.15) is 45.6 Å². The highest BCUT2D eigenvalue weighted by atomic mass is 19.1. The highest BCUT2D eigenvalue weighted by Gasteiger charge is 2.50. The molecule has 144 valence electrons. The lowest BCUT2D eigenvalue weighted by molar-refractivity contribution is 0.136. The number of nitrogens with zero attached hydrogens (tertiary/aromatic N) is 3. The van der Waals surface area contributed by atoms with E-state index in [1.807, 2.05) is 0 Å². The Kier molecular flexibility index (Phi) is 4.24. The molecular weight excluding hydrogens is 341 g/mol. The van der Waals surface area contributed by atoms with E-state index in [4.69, 9.17) is 5.73 Å². The van der Waals surface area contributed by atoms with Crippen LogP contribution in [-0.4, -0.2) is 22.6 Å². The van der Waals surface area contributed by atoms with Crippen LogP contribution in [0.5, 0.6) is 0 Å². The van der Waals surface area contributed by atoms with E-state index in [1.54, 1.807) is 18.5 Å². The van der Waals surface area contributed by atoms with Crippen molar-refractivity contribution in [1.82, 2.24) is 9.97 Å². The molecule has 2 fully saturated rings. The normalized spacial score (nSPS) is 26.2. The Bertz CT molecular complexity index is 835. The summed E-state index contributed by atoms with van der Waals surface area (Å²) in [5.41, 5.74) is 8.68. The summed E-state index contributed by atoms with van der Waals surface area (Å²) in [6.07, 6.45) is 5.16. The zero-order valence-corrected chi connectivity index (χ0v) is 16.3. The van der Waals surface area contributed by atoms with Crippen LogP contribution in [0.2, 0.25) is 0 Å². The van der Waals surface area contributed by atoms with Gasteiger partial charge in [-0.25, -0.2) is 14.4 Å². The topological polar surface area (TPSA) is 67.1 Å². The molecule has 27 heavy (non-hydrogen) atoms. The minimum Gasteiger partial charge on any atom is -0.393 e. The molecule has 1 aromatic carbocycles. The molecule has 2 aliphatic rings. The van der Waals surface area contributed by atoms with Gasteiger partial charge in [0.2, 0.25) is 0 Å². The maximum absolute atomic E-state index is 13.1. The summed E-state index contributed by atoms with van der Waals surface area (Å²) in [7, 11) is 0. The van der Waals surface area contributed by atoms with Crippen LogP contribution in [0.3, 0.4) is 0 Å². The van der Waals surface area contributed by atoms with Gasteiger partial charge in [-0.05, 0) is 47.8 Å². The fraction of sp³-hybridized carbons (Fsp3) is 0.524. The maximum Gasteiger partial charge on any atom is 0.157 e. The minimum atomic E-state index is -0.237. The van der Waals surface area contributed by atoms with Crippen molar-refractivity contribution in [2.24, 2.45) is 10.8 Å². The molecule has 1 saturated carbocycles. The number of hydrogen-bond acceptors (Lipinski definition) is 5. The molecule has 1 aliphatic carbocycles. The summed E-state index contributed by atoms with van der Waals surface area (Å²) in [6.45, 7) is 8.63. The Morgan fingerprint density at radius 3 is 2.67 bits per heavy atom. The van der Waals surface area contributed by atoms with Crippen molar-refractivity contribution >= 4 is 17.3 Å². The van der Waals surface area contributed by atoms with Crippen LogP contribution in [0.25, 0.3) is 0 Å². The van der Waals surface area contributed by atoms with Gasteiger partial charge in [0, 0.05) is 19.1 Å². The second-order valence-electron chi connectivity index (χ2n) is 9.28. The third-order valence-electron chi connectivity index (χ3n) is 5.92. The van der Waals surface area contributed by atoms with E-state index in [2.05, 4.69) is 41.0 Å². The van der Waals surface area contributed by atoms with Gasteiger partial charge < -0.3 is 16.0 Å². The fourth-order valence-electron chi connectivity index (χ4n) is 5.25. The number of hydrogen-bond donors (Lipinski definition) is 2. The Balaban J connectivity index is 1.55. The van der Waals surface area contributed by atoms with E-state index in [0.29, 0.717) is 34.9 Å². The average Bonchev–Trinajstić information content (AvgIpc) is 2.84. The molecule has 3 N–H and O–H groups in total. The molecule has 4 rings (SSSR count). The first-order valence-electron chi connectivity index (χ1n) is 9.60. The van der Waals surface area contributed by atoms with Crippen molar-refractivity contribution in [1.29, 1.82) is 0 Å². The maximum atomic E-state index is 13.1. The van der Waals surface area contributed by atoms with Crippen molar-refractivity contribution in [2.45, 2.75) is 52.6 Å². The van der Waals surface area contributed by atoms with Gasteiger partial charge in [0.05, 0.1) is 0 Å². The van der Waals surface area contributed by atoms with E-state index >= 15 is 0 Å². The van der Waals surface area contributed by atoms with Gasteiger partial charge in [0.25, 0.3) is 0 Å². The largest absolute Gasteiger partial charge is 0.393 e. The summed E-state index contributed by atoms with van der Waals surface area (Å²) in [5, 5.41) is 3.27. The van der Waals surface area contributed by atoms with Gasteiger partial charge in [-0.1, -0.05) is 32.9 Å². The zero-order chi connectivity index (χ0) is 19.2. The molecule has 1 aromatic heterocycles. The Labute approximate surface area is 160 Å². The van der Waals surface area contributed by atoms with Gasteiger partial charge in [0.1, 0.15) is 17.8 Å². The number of fused-ring (bicyclic) bond motifs is 2. The number of nitrogen functional groups attached to an aromatic ring is 1. The number of rotatable bonds is 4. The average molecular weight is 369 g/mol. The SMILES string of the molecule is CC1(C)CC2CC(C)(CN2c2ncnc(NCc3ccc(F)cc3)c2N)C1. The van der Waals surface area contributed by atoms with Crippen LogP contribution >= 0.6 is 0 Å². The second-order valence-corrected chi connectivity index (χ2v) is 9.28. The number of halogens is 1. The molecule has 0 spiro atoms. The van der Waals surface area contributed by atoms with E-state index in [-0.39, 0.29) is 5.82 Å². The van der Waals surface area contributed by atoms with Gasteiger partial charge in [-0.2, -0.15) is 0 Å². The van der Waals surface area contributed by atoms with Crippen LogP contribution in [0.15, 0.2) is 30.6 Å². The highest BCUT2D eigenvalue weighted by molar-refractivity contribution is 5.75. The molecule has 1 saturated heterocycles. The first-order chi connectivity index (χ1) is 12.7. The Morgan fingerprint density at radius 2 is 1.93 bits per heavy atom. The highest BCUT2D eigenvalue weighted by Crippen LogP contribution is 2.53. The first-order valence-corrected chi connectivity index (χ1v) is 9.60. The molecule has 2 bridgehead atoms. The quantitative estimate of drug-likeness (QED) is 0.845. The van der Waals surface area contributed by atoms with Crippen molar-refractivity contribution in [3.8, 4) is 0 Å². The molecule has 2 heterocycles. The molecule has 6 heteroatoms. The first kappa shape index (κ1) is 18.0. The molecule has 2 atom stereocenters. The molecule has 0 amide bonds. The van der Waals surface area contributed by atoms with Crippen LogP contribution in [-0.2, 0) is 6.54 Å². The molecule has 1 aliphatic heterocycles. The standard InChI is InChI=1S/C21H28FN5/c1-20(2)8-16-9-21(3,11-20)12-27(16)19-17(23)18(25-13-26-19)24-10-14-4-6-15(22)7-5-14/h4-7,13,16H,8-12,23H2,1-3H3,(H,24,25,26). The van der Waals surface area contributed by atoms with Crippen LogP contribution in [0.4, 0.5) is 21.7 Å². The van der Waals surface area contributed by atoms with Crippen molar-refractivity contribution in [3.05, 3.63) is 42.0 Å². The van der Waals surface area contributed by atoms with Crippen LogP contribution in [0, 0.1) is 16.6 Å². The molecule has 2 aromatic rings. The van der Waals surface area contributed by atoms with Crippen molar-refractivity contribution in [2.75, 3.05) is 22.5 Å². The third kappa shape index (κ3) is 3.57. The minimum absolute atomic E-state index is 0.237. The predicted octanol–water partition coefficient (Wildman–Crippen LogP) is 4.22. The third-order valence-corrected chi connectivity index (χ3v) is 5.92. The predicted molar refractivity (Wildman–Crippen MR) is 107 cm³/mol. The lowest BCUT2D eigenvalue weighted by atomic mass is 9.65. The van der Waals surface area contributed by atoms with E-state index in [0.717, 1.165) is 24.3 Å². The summed E-state index contributed by atoms with van der Waals surface area (Å²) >= 11 is 0. The van der Waals surface area contributed by atoms with E-state index < -0.39 is 0 Å². The van der Waals surface area contributed by atoms with Gasteiger partial charge in [0.15, 0.2) is 11.6 Å². The summed E-state index contributed by atoms with van der Waals surface area (Å²) in [5.74, 6) is 1.23. The van der Waals surface area contributed by atoms with Crippen molar-refractivity contribution < 1.29 is 4.39 Å². The lowest BCUT2D eigenvalue weighted by Gasteiger charge is -2.39. The summed E-state index contributed by atoms with van der Waals surface area (Å²) < 4.78 is 13.1. The number of anilines is 3. The molecule has 5 nitrogen and oxygen atoms in total.